The third-order valence-corrected chi connectivity index (χ3v) is 4.35. The van der Waals surface area contributed by atoms with E-state index < -0.39 is 0 Å². The normalized spacial score (nSPS) is 13.2. The van der Waals surface area contributed by atoms with Crippen molar-refractivity contribution >= 4 is 22.3 Å². The van der Waals surface area contributed by atoms with E-state index in [4.69, 9.17) is 9.94 Å². The van der Waals surface area contributed by atoms with E-state index in [0.29, 0.717) is 23.5 Å². The Balaban J connectivity index is 1.63. The van der Waals surface area contributed by atoms with Crippen molar-refractivity contribution in [1.29, 1.82) is 0 Å². The van der Waals surface area contributed by atoms with E-state index in [2.05, 4.69) is 31.5 Å². The Kier molecular flexibility index (Phi) is 4.94. The Hall–Kier alpha value is -3.39. The van der Waals surface area contributed by atoms with Crippen LogP contribution in [0.1, 0.15) is 30.9 Å². The number of hydrogen-bond acceptors (Lipinski definition) is 7. The Morgan fingerprint density at radius 3 is 2.96 bits per heavy atom. The quantitative estimate of drug-likeness (QED) is 0.410. The first-order valence-corrected chi connectivity index (χ1v) is 9.00. The number of aliphatic hydroxyl groups is 1. The minimum atomic E-state index is -0.369. The summed E-state index contributed by atoms with van der Waals surface area (Å²) in [6.45, 7) is 3.45. The van der Waals surface area contributed by atoms with Gasteiger partial charge in [-0.2, -0.15) is 9.61 Å². The van der Waals surface area contributed by atoms with Gasteiger partial charge in [0.05, 0.1) is 12.1 Å². The summed E-state index contributed by atoms with van der Waals surface area (Å²) in [5.41, 5.74) is 3.99. The van der Waals surface area contributed by atoms with Crippen molar-refractivity contribution in [3.05, 3.63) is 65.7 Å². The van der Waals surface area contributed by atoms with Crippen LogP contribution in [0.2, 0.25) is 0 Å². The van der Waals surface area contributed by atoms with Gasteiger partial charge in [0.25, 0.3) is 0 Å². The van der Waals surface area contributed by atoms with Crippen molar-refractivity contribution in [3.8, 4) is 0 Å². The number of nitrogens with zero attached hydrogens (tertiary/aromatic N) is 6. The molecule has 8 nitrogen and oxygen atoms in total. The SMILES string of the molecule is C/C(=N/OC(C)CO)c1ccc2nnc(Cc3ccc4ncccc4c3)n2n1. The number of hydrogen-bond donors (Lipinski definition) is 1. The van der Waals surface area contributed by atoms with Crippen molar-refractivity contribution in [2.45, 2.75) is 26.4 Å². The van der Waals surface area contributed by atoms with E-state index in [0.717, 1.165) is 22.3 Å². The zero-order chi connectivity index (χ0) is 19.5. The van der Waals surface area contributed by atoms with Gasteiger partial charge >= 0.3 is 0 Å². The zero-order valence-corrected chi connectivity index (χ0v) is 15.6. The summed E-state index contributed by atoms with van der Waals surface area (Å²) >= 11 is 0. The number of aliphatic hydroxyl groups excluding tert-OH is 1. The van der Waals surface area contributed by atoms with Crippen LogP contribution in [0.25, 0.3) is 16.6 Å². The summed E-state index contributed by atoms with van der Waals surface area (Å²) in [5.74, 6) is 0.734. The molecule has 4 rings (SSSR count). The average molecular weight is 376 g/mol. The first kappa shape index (κ1) is 18.0. The molecule has 0 spiro atoms. The van der Waals surface area contributed by atoms with Crippen molar-refractivity contribution in [2.75, 3.05) is 6.61 Å². The first-order valence-electron chi connectivity index (χ1n) is 9.00. The van der Waals surface area contributed by atoms with Crippen LogP contribution >= 0.6 is 0 Å². The van der Waals surface area contributed by atoms with Crippen LogP contribution < -0.4 is 0 Å². The number of fused-ring (bicyclic) bond motifs is 2. The molecule has 0 fully saturated rings. The first-order chi connectivity index (χ1) is 13.6. The second-order valence-electron chi connectivity index (χ2n) is 6.59. The molecule has 1 unspecified atom stereocenters. The van der Waals surface area contributed by atoms with Gasteiger partial charge < -0.3 is 9.94 Å². The highest BCUT2D eigenvalue weighted by atomic mass is 16.6. The third-order valence-electron chi connectivity index (χ3n) is 4.35. The van der Waals surface area contributed by atoms with Gasteiger partial charge in [-0.05, 0) is 49.7 Å². The van der Waals surface area contributed by atoms with Gasteiger partial charge in [0.2, 0.25) is 0 Å². The van der Waals surface area contributed by atoms with E-state index in [-0.39, 0.29) is 12.7 Å². The van der Waals surface area contributed by atoms with Gasteiger partial charge in [-0.3, -0.25) is 4.98 Å². The minimum absolute atomic E-state index is 0.0971. The van der Waals surface area contributed by atoms with Crippen LogP contribution in [-0.4, -0.2) is 48.3 Å². The fourth-order valence-electron chi connectivity index (χ4n) is 2.80. The lowest BCUT2D eigenvalue weighted by Crippen LogP contribution is -2.12. The predicted octanol–water partition coefficient (Wildman–Crippen LogP) is 2.38. The molecular formula is C20H20N6O2. The largest absolute Gasteiger partial charge is 0.392 e. The van der Waals surface area contributed by atoms with E-state index in [1.807, 2.05) is 36.4 Å². The lowest BCUT2D eigenvalue weighted by atomic mass is 10.1. The maximum absolute atomic E-state index is 9.04. The van der Waals surface area contributed by atoms with Crippen LogP contribution in [0.3, 0.4) is 0 Å². The number of oxime groups is 1. The van der Waals surface area contributed by atoms with Crippen molar-refractivity contribution < 1.29 is 9.94 Å². The standard InChI is InChI=1S/C20H20N6O2/c1-13(12-27)28-25-14(2)17-7-8-19-22-23-20(26(19)24-17)11-15-5-6-18-16(10-15)4-3-9-21-18/h3-10,13,27H,11-12H2,1-2H3/b25-14-. The fourth-order valence-corrected chi connectivity index (χ4v) is 2.80. The maximum atomic E-state index is 9.04. The number of aromatic nitrogens is 5. The van der Waals surface area contributed by atoms with E-state index in [1.54, 1.807) is 24.6 Å². The van der Waals surface area contributed by atoms with Crippen LogP contribution in [0.4, 0.5) is 0 Å². The summed E-state index contributed by atoms with van der Waals surface area (Å²) in [4.78, 5) is 9.57. The molecule has 3 heterocycles. The lowest BCUT2D eigenvalue weighted by Gasteiger charge is -2.07. The van der Waals surface area contributed by atoms with Crippen LogP contribution in [0.5, 0.6) is 0 Å². The summed E-state index contributed by atoms with van der Waals surface area (Å²) in [6, 6.07) is 13.8. The maximum Gasteiger partial charge on any atom is 0.177 e. The lowest BCUT2D eigenvalue weighted by molar-refractivity contribution is 0.0290. The number of pyridine rings is 1. The average Bonchev–Trinajstić information content (AvgIpc) is 3.13. The highest BCUT2D eigenvalue weighted by molar-refractivity contribution is 5.96. The molecule has 0 saturated carbocycles. The Morgan fingerprint density at radius 2 is 2.11 bits per heavy atom. The van der Waals surface area contributed by atoms with Crippen molar-refractivity contribution in [1.82, 2.24) is 24.8 Å². The minimum Gasteiger partial charge on any atom is -0.392 e. The van der Waals surface area contributed by atoms with E-state index >= 15 is 0 Å². The van der Waals surface area contributed by atoms with Gasteiger partial charge in [0, 0.05) is 18.0 Å². The van der Waals surface area contributed by atoms with Crippen LogP contribution in [0, 0.1) is 0 Å². The van der Waals surface area contributed by atoms with Gasteiger partial charge in [0.1, 0.15) is 17.5 Å². The van der Waals surface area contributed by atoms with Gasteiger partial charge in [-0.25, -0.2) is 0 Å². The molecule has 0 aliphatic rings. The molecule has 1 N–H and O–H groups in total. The third kappa shape index (κ3) is 3.67. The van der Waals surface area contributed by atoms with Gasteiger partial charge in [-0.1, -0.05) is 17.3 Å². The molecule has 1 aromatic carbocycles. The molecule has 0 amide bonds. The Labute approximate surface area is 161 Å². The van der Waals surface area contributed by atoms with Gasteiger partial charge in [0.15, 0.2) is 11.5 Å². The van der Waals surface area contributed by atoms with Crippen LogP contribution in [0.15, 0.2) is 53.8 Å². The molecule has 0 bridgehead atoms. The molecule has 4 aromatic rings. The second-order valence-corrected chi connectivity index (χ2v) is 6.59. The molecular weight excluding hydrogens is 356 g/mol. The monoisotopic (exact) mass is 376 g/mol. The molecule has 8 heteroatoms. The van der Waals surface area contributed by atoms with Crippen LogP contribution in [-0.2, 0) is 11.3 Å². The Morgan fingerprint density at radius 1 is 1.21 bits per heavy atom. The molecule has 3 aromatic heterocycles. The van der Waals surface area contributed by atoms with Gasteiger partial charge in [-0.15, -0.1) is 10.2 Å². The fraction of sp³-hybridized carbons (Fsp3) is 0.250. The molecule has 28 heavy (non-hydrogen) atoms. The smallest absolute Gasteiger partial charge is 0.177 e. The predicted molar refractivity (Wildman–Crippen MR) is 105 cm³/mol. The highest BCUT2D eigenvalue weighted by Crippen LogP contribution is 2.16. The summed E-state index contributed by atoms with van der Waals surface area (Å²) in [6.07, 6.45) is 2.01. The molecule has 0 aliphatic heterocycles. The molecule has 0 radical (unpaired) electrons. The zero-order valence-electron chi connectivity index (χ0n) is 15.6. The summed E-state index contributed by atoms with van der Waals surface area (Å²) < 4.78 is 1.72. The molecule has 0 saturated heterocycles. The molecule has 0 aliphatic carbocycles. The second kappa shape index (κ2) is 7.69. The Bertz CT molecular complexity index is 1150. The number of rotatable bonds is 6. The number of benzene rings is 1. The molecule has 1 atom stereocenters. The van der Waals surface area contributed by atoms with E-state index in [9.17, 15) is 0 Å². The molecule has 142 valence electrons. The van der Waals surface area contributed by atoms with Crippen molar-refractivity contribution in [2.24, 2.45) is 5.16 Å². The van der Waals surface area contributed by atoms with E-state index in [1.165, 1.54) is 0 Å². The van der Waals surface area contributed by atoms with Crippen molar-refractivity contribution in [3.63, 3.8) is 0 Å². The highest BCUT2D eigenvalue weighted by Gasteiger charge is 2.11. The topological polar surface area (TPSA) is 97.8 Å². The summed E-state index contributed by atoms with van der Waals surface area (Å²) in [5, 5.41) is 27.3. The summed E-state index contributed by atoms with van der Waals surface area (Å²) in [7, 11) is 0.